The Labute approximate surface area is 118 Å². The predicted octanol–water partition coefficient (Wildman–Crippen LogP) is -4.01. The van der Waals surface area contributed by atoms with Gasteiger partial charge in [-0.1, -0.05) is 6.42 Å². The number of likely N-dealkylation sites (N-methyl/N-ethyl adjacent to an activating group) is 1. The summed E-state index contributed by atoms with van der Waals surface area (Å²) in [5, 5.41) is 10.2. The predicted molar refractivity (Wildman–Crippen MR) is 43.4 cm³/mol. The van der Waals surface area contributed by atoms with Crippen molar-refractivity contribution in [3.05, 3.63) is 0 Å². The Morgan fingerprint density at radius 2 is 1.75 bits per heavy atom. The van der Waals surface area contributed by atoms with Gasteiger partial charge >= 0.3 is 51.4 Å². The van der Waals surface area contributed by atoms with Gasteiger partial charge in [-0.2, -0.15) is 0 Å². The summed E-state index contributed by atoms with van der Waals surface area (Å²) in [4.78, 5) is 4.70. The molecule has 1 saturated heterocycles. The van der Waals surface area contributed by atoms with E-state index in [1.165, 1.54) is 0 Å². The molecule has 0 saturated carbocycles. The summed E-state index contributed by atoms with van der Waals surface area (Å²) in [5.74, 6) is 0. The summed E-state index contributed by atoms with van der Waals surface area (Å²) < 4.78 is 0. The van der Waals surface area contributed by atoms with E-state index in [0.717, 1.165) is 39.1 Å². The number of piperazine rings is 1. The van der Waals surface area contributed by atoms with Crippen LogP contribution in [0.25, 0.3) is 0 Å². The van der Waals surface area contributed by atoms with Crippen molar-refractivity contribution >= 4 is 0 Å². The van der Waals surface area contributed by atoms with Gasteiger partial charge in [-0.3, -0.25) is 0 Å². The van der Waals surface area contributed by atoms with Gasteiger partial charge in [0.15, 0.2) is 0 Å². The Morgan fingerprint density at radius 1 is 1.17 bits per heavy atom. The van der Waals surface area contributed by atoms with Crippen LogP contribution in [0.1, 0.15) is 6.42 Å². The maximum Gasteiger partial charge on any atom is 1.00 e. The first-order valence-corrected chi connectivity index (χ1v) is 4.32. The van der Waals surface area contributed by atoms with E-state index in [0.29, 0.717) is 0 Å². The summed E-state index contributed by atoms with van der Waals surface area (Å²) in [5.41, 5.74) is 0. The van der Waals surface area contributed by atoms with Crippen molar-refractivity contribution in [2.45, 2.75) is 6.42 Å². The van der Waals surface area contributed by atoms with E-state index in [-0.39, 0.29) is 58.0 Å². The van der Waals surface area contributed by atoms with Gasteiger partial charge in [-0.05, 0) is 13.6 Å². The van der Waals surface area contributed by atoms with Gasteiger partial charge in [0, 0.05) is 26.2 Å². The standard InChI is InChI=1S/C8H17N2O.K/c1-9-4-6-10(7-5-9)3-2-8-11;/h2-8H2,1H3;/q-1;+1. The molecule has 1 rings (SSSR count). The van der Waals surface area contributed by atoms with Gasteiger partial charge in [0.1, 0.15) is 0 Å². The van der Waals surface area contributed by atoms with Gasteiger partial charge in [0.2, 0.25) is 0 Å². The van der Waals surface area contributed by atoms with Crippen LogP contribution in [-0.4, -0.2) is 56.2 Å². The molecule has 0 radical (unpaired) electrons. The van der Waals surface area contributed by atoms with Crippen molar-refractivity contribution in [2.24, 2.45) is 0 Å². The first-order valence-electron chi connectivity index (χ1n) is 4.32. The molecule has 0 bridgehead atoms. The van der Waals surface area contributed by atoms with Gasteiger partial charge in [-0.15, -0.1) is 6.61 Å². The van der Waals surface area contributed by atoms with Crippen LogP contribution in [0.15, 0.2) is 0 Å². The number of hydrogen-bond donors (Lipinski definition) is 0. The molecule has 0 aromatic heterocycles. The van der Waals surface area contributed by atoms with E-state index in [9.17, 15) is 5.11 Å². The van der Waals surface area contributed by atoms with Crippen LogP contribution in [0.2, 0.25) is 0 Å². The molecule has 1 aliphatic heterocycles. The van der Waals surface area contributed by atoms with Crippen LogP contribution >= 0.6 is 0 Å². The van der Waals surface area contributed by atoms with E-state index in [2.05, 4.69) is 16.8 Å². The molecule has 0 aromatic rings. The molecule has 0 aliphatic carbocycles. The fourth-order valence-electron chi connectivity index (χ4n) is 1.36. The SMILES string of the molecule is CN1CCN(CCC[O-])CC1.[K+]. The first kappa shape index (κ1) is 13.5. The summed E-state index contributed by atoms with van der Waals surface area (Å²) in [7, 11) is 2.14. The topological polar surface area (TPSA) is 29.5 Å². The van der Waals surface area contributed by atoms with Crippen molar-refractivity contribution in [3.63, 3.8) is 0 Å². The minimum absolute atomic E-state index is 0. The Morgan fingerprint density at radius 3 is 2.25 bits per heavy atom. The van der Waals surface area contributed by atoms with Crippen LogP contribution in [0.5, 0.6) is 0 Å². The summed E-state index contributed by atoms with van der Waals surface area (Å²) in [6.07, 6.45) is 0.809. The number of rotatable bonds is 3. The van der Waals surface area contributed by atoms with E-state index < -0.39 is 0 Å². The van der Waals surface area contributed by atoms with Gasteiger partial charge < -0.3 is 14.9 Å². The van der Waals surface area contributed by atoms with Crippen molar-refractivity contribution in [1.29, 1.82) is 0 Å². The third-order valence-corrected chi connectivity index (χ3v) is 2.21. The van der Waals surface area contributed by atoms with E-state index in [4.69, 9.17) is 0 Å². The second-order valence-electron chi connectivity index (χ2n) is 3.20. The van der Waals surface area contributed by atoms with Crippen LogP contribution in [-0.2, 0) is 0 Å². The molecule has 12 heavy (non-hydrogen) atoms. The third-order valence-electron chi connectivity index (χ3n) is 2.21. The molecule has 0 N–H and O–H groups in total. The Bertz CT molecular complexity index is 102. The smallest absolute Gasteiger partial charge is 0.854 e. The molecule has 66 valence electrons. The van der Waals surface area contributed by atoms with Crippen molar-refractivity contribution in [3.8, 4) is 0 Å². The number of hydrogen-bond acceptors (Lipinski definition) is 3. The molecular formula is C8H17KN2O. The third kappa shape index (κ3) is 5.29. The average Bonchev–Trinajstić information content (AvgIpc) is 2.04. The molecule has 0 atom stereocenters. The Hall–Kier alpha value is 1.52. The quantitative estimate of drug-likeness (QED) is 0.431. The van der Waals surface area contributed by atoms with Crippen LogP contribution in [0.4, 0.5) is 0 Å². The molecule has 0 unspecified atom stereocenters. The zero-order valence-corrected chi connectivity index (χ0v) is 11.4. The molecule has 0 amide bonds. The maximum atomic E-state index is 10.2. The maximum absolute atomic E-state index is 10.2. The summed E-state index contributed by atoms with van der Waals surface area (Å²) in [6.45, 7) is 5.65. The van der Waals surface area contributed by atoms with E-state index >= 15 is 0 Å². The minimum Gasteiger partial charge on any atom is -0.854 e. The van der Waals surface area contributed by atoms with Crippen molar-refractivity contribution in [1.82, 2.24) is 9.80 Å². The second kappa shape index (κ2) is 7.88. The zero-order chi connectivity index (χ0) is 8.10. The summed E-state index contributed by atoms with van der Waals surface area (Å²) >= 11 is 0. The molecule has 1 fully saturated rings. The fourth-order valence-corrected chi connectivity index (χ4v) is 1.36. The van der Waals surface area contributed by atoms with Crippen LogP contribution in [0.3, 0.4) is 0 Å². The molecule has 1 aliphatic rings. The first-order chi connectivity index (χ1) is 5.33. The van der Waals surface area contributed by atoms with Crippen molar-refractivity contribution in [2.75, 3.05) is 46.4 Å². The van der Waals surface area contributed by atoms with Crippen LogP contribution in [0, 0.1) is 0 Å². The minimum atomic E-state index is 0. The largest absolute Gasteiger partial charge is 1.00 e. The van der Waals surface area contributed by atoms with E-state index in [1.54, 1.807) is 0 Å². The van der Waals surface area contributed by atoms with E-state index in [1.807, 2.05) is 0 Å². The summed E-state index contributed by atoms with van der Waals surface area (Å²) in [6, 6.07) is 0. The molecule has 0 aromatic carbocycles. The van der Waals surface area contributed by atoms with Gasteiger partial charge in [0.05, 0.1) is 0 Å². The molecule has 3 nitrogen and oxygen atoms in total. The Balaban J connectivity index is 0.00000121. The van der Waals surface area contributed by atoms with Gasteiger partial charge in [-0.25, -0.2) is 0 Å². The monoisotopic (exact) mass is 196 g/mol. The van der Waals surface area contributed by atoms with Crippen LogP contribution < -0.4 is 56.5 Å². The molecule has 0 spiro atoms. The molecule has 4 heteroatoms. The Kier molecular flexibility index (Phi) is 8.87. The fraction of sp³-hybridized carbons (Fsp3) is 1.00. The number of nitrogens with zero attached hydrogens (tertiary/aromatic N) is 2. The zero-order valence-electron chi connectivity index (χ0n) is 8.25. The molecule has 1 heterocycles. The van der Waals surface area contributed by atoms with Gasteiger partial charge in [0.25, 0.3) is 0 Å². The van der Waals surface area contributed by atoms with Crippen molar-refractivity contribution < 1.29 is 56.5 Å². The normalized spacial score (nSPS) is 20.5. The second-order valence-corrected chi connectivity index (χ2v) is 3.20. The average molecular weight is 196 g/mol. The molecular weight excluding hydrogens is 179 g/mol.